The summed E-state index contributed by atoms with van der Waals surface area (Å²) >= 11 is 0. The van der Waals surface area contributed by atoms with E-state index in [9.17, 15) is 4.79 Å². The number of aromatic carboxylic acids is 1. The Morgan fingerprint density at radius 2 is 1.77 bits per heavy atom. The Labute approximate surface area is 153 Å². The van der Waals surface area contributed by atoms with Crippen molar-refractivity contribution < 1.29 is 14.7 Å². The first-order valence-corrected chi connectivity index (χ1v) is 8.51. The summed E-state index contributed by atoms with van der Waals surface area (Å²) in [4.78, 5) is 15.9. The van der Waals surface area contributed by atoms with Crippen LogP contribution in [0.25, 0.3) is 0 Å². The second-order valence-corrected chi connectivity index (χ2v) is 7.00. The first-order valence-electron chi connectivity index (χ1n) is 8.51. The van der Waals surface area contributed by atoms with Gasteiger partial charge in [0.2, 0.25) is 0 Å². The van der Waals surface area contributed by atoms with Crippen molar-refractivity contribution in [3.63, 3.8) is 0 Å². The number of oxime groups is 1. The number of carbonyl (C=O) groups is 1. The van der Waals surface area contributed by atoms with Crippen LogP contribution in [0.15, 0.2) is 47.6 Å². The van der Waals surface area contributed by atoms with E-state index < -0.39 is 5.97 Å². The summed E-state index contributed by atoms with van der Waals surface area (Å²) in [6, 6.07) is 12.8. The van der Waals surface area contributed by atoms with Crippen LogP contribution in [-0.4, -0.2) is 23.9 Å². The minimum atomic E-state index is -0.938. The van der Waals surface area contributed by atoms with Crippen LogP contribution in [0.4, 0.5) is 0 Å². The van der Waals surface area contributed by atoms with Gasteiger partial charge in [-0.1, -0.05) is 36.9 Å². The molecule has 1 aliphatic rings. The molecule has 0 heterocycles. The van der Waals surface area contributed by atoms with Gasteiger partial charge in [-0.15, -0.1) is 0 Å². The Bertz CT molecular complexity index is 928. The molecule has 0 aliphatic heterocycles. The summed E-state index contributed by atoms with van der Waals surface area (Å²) < 4.78 is 0. The first kappa shape index (κ1) is 17.8. The van der Waals surface area contributed by atoms with E-state index in [0.29, 0.717) is 0 Å². The molecular formula is C22H21NO3. The molecule has 4 nitrogen and oxygen atoms in total. The van der Waals surface area contributed by atoms with Crippen molar-refractivity contribution in [2.24, 2.45) is 5.16 Å². The maximum atomic E-state index is 10.9. The van der Waals surface area contributed by atoms with E-state index >= 15 is 0 Å². The highest BCUT2D eigenvalue weighted by Gasteiger charge is 2.30. The molecule has 3 rings (SSSR count). The number of rotatable bonds is 2. The monoisotopic (exact) mass is 347 g/mol. The summed E-state index contributed by atoms with van der Waals surface area (Å²) in [7, 11) is 1.57. The molecule has 0 fully saturated rings. The van der Waals surface area contributed by atoms with Crippen molar-refractivity contribution in [2.45, 2.75) is 32.1 Å². The summed E-state index contributed by atoms with van der Waals surface area (Å²) in [5.74, 6) is 5.31. The van der Waals surface area contributed by atoms with Crippen LogP contribution in [0.3, 0.4) is 0 Å². The van der Waals surface area contributed by atoms with E-state index in [2.05, 4.69) is 43.0 Å². The lowest BCUT2D eigenvalue weighted by Crippen LogP contribution is -2.27. The summed E-state index contributed by atoms with van der Waals surface area (Å²) in [6.45, 7) is 4.48. The average Bonchev–Trinajstić information content (AvgIpc) is 2.63. The van der Waals surface area contributed by atoms with Crippen LogP contribution >= 0.6 is 0 Å². The lowest BCUT2D eigenvalue weighted by atomic mass is 9.72. The zero-order valence-corrected chi connectivity index (χ0v) is 15.2. The first-order chi connectivity index (χ1) is 12.4. The van der Waals surface area contributed by atoms with E-state index in [1.54, 1.807) is 31.4 Å². The van der Waals surface area contributed by atoms with Gasteiger partial charge in [0.15, 0.2) is 0 Å². The van der Waals surface area contributed by atoms with Crippen molar-refractivity contribution in [2.75, 3.05) is 7.11 Å². The SMILES string of the molecule is CO/N=C1/CCC(C)(C)c2ccc(C#Cc3ccc(C(=O)O)cc3)cc21. The molecule has 0 spiro atoms. The van der Waals surface area contributed by atoms with E-state index in [0.717, 1.165) is 35.2 Å². The lowest BCUT2D eigenvalue weighted by molar-refractivity contribution is 0.0697. The highest BCUT2D eigenvalue weighted by atomic mass is 16.6. The van der Waals surface area contributed by atoms with Crippen LogP contribution in [-0.2, 0) is 10.3 Å². The number of hydrogen-bond acceptors (Lipinski definition) is 3. The molecule has 0 unspecified atom stereocenters. The zero-order chi connectivity index (χ0) is 18.7. The molecule has 0 saturated heterocycles. The molecule has 26 heavy (non-hydrogen) atoms. The Kier molecular flexibility index (Phi) is 4.81. The summed E-state index contributed by atoms with van der Waals surface area (Å²) in [5.41, 5.74) is 5.34. The van der Waals surface area contributed by atoms with Crippen LogP contribution in [0.1, 0.15) is 59.3 Å². The van der Waals surface area contributed by atoms with Gasteiger partial charge in [0, 0.05) is 16.7 Å². The topological polar surface area (TPSA) is 58.9 Å². The lowest BCUT2D eigenvalue weighted by Gasteiger charge is -2.33. The molecule has 2 aromatic carbocycles. The minimum absolute atomic E-state index is 0.0979. The fourth-order valence-corrected chi connectivity index (χ4v) is 3.20. The van der Waals surface area contributed by atoms with Crippen molar-refractivity contribution in [1.82, 2.24) is 0 Å². The maximum absolute atomic E-state index is 10.9. The number of fused-ring (bicyclic) bond motifs is 1. The maximum Gasteiger partial charge on any atom is 0.335 e. The van der Waals surface area contributed by atoms with Crippen molar-refractivity contribution in [3.05, 3.63) is 70.3 Å². The number of hydrogen-bond donors (Lipinski definition) is 1. The Morgan fingerprint density at radius 3 is 2.42 bits per heavy atom. The highest BCUT2D eigenvalue weighted by Crippen LogP contribution is 2.37. The fourth-order valence-electron chi connectivity index (χ4n) is 3.20. The van der Waals surface area contributed by atoms with Crippen molar-refractivity contribution in [1.29, 1.82) is 0 Å². The summed E-state index contributed by atoms with van der Waals surface area (Å²) in [5, 5.41) is 13.1. The van der Waals surface area contributed by atoms with Gasteiger partial charge in [0.05, 0.1) is 11.3 Å². The molecular weight excluding hydrogens is 326 g/mol. The normalized spacial score (nSPS) is 16.3. The average molecular weight is 347 g/mol. The van der Waals surface area contributed by atoms with Crippen LogP contribution in [0, 0.1) is 11.8 Å². The predicted molar refractivity (Wildman–Crippen MR) is 102 cm³/mol. The second-order valence-electron chi connectivity index (χ2n) is 7.00. The van der Waals surface area contributed by atoms with Gasteiger partial charge in [0.1, 0.15) is 7.11 Å². The van der Waals surface area contributed by atoms with Gasteiger partial charge in [-0.2, -0.15) is 0 Å². The molecule has 0 saturated carbocycles. The molecule has 1 N–H and O–H groups in total. The van der Waals surface area contributed by atoms with Gasteiger partial charge in [-0.05, 0) is 60.2 Å². The fraction of sp³-hybridized carbons (Fsp3) is 0.273. The van der Waals surface area contributed by atoms with Crippen LogP contribution in [0.2, 0.25) is 0 Å². The zero-order valence-electron chi connectivity index (χ0n) is 15.2. The molecule has 4 heteroatoms. The standard InChI is InChI=1S/C22H21NO3/c1-22(2)13-12-20(23-26-3)18-14-16(8-11-19(18)22)5-4-15-6-9-17(10-7-15)21(24)25/h6-11,14H,12-13H2,1-3H3,(H,24,25)/b23-20-. The van der Waals surface area contributed by atoms with Crippen molar-refractivity contribution in [3.8, 4) is 11.8 Å². The molecule has 0 radical (unpaired) electrons. The van der Waals surface area contributed by atoms with Crippen molar-refractivity contribution >= 4 is 11.7 Å². The number of nitrogens with zero attached hydrogens (tertiary/aromatic N) is 1. The predicted octanol–water partition coefficient (Wildman–Crippen LogP) is 4.21. The quantitative estimate of drug-likeness (QED) is 0.654. The molecule has 0 bridgehead atoms. The van der Waals surface area contributed by atoms with Gasteiger partial charge in [-0.3, -0.25) is 0 Å². The third-order valence-electron chi connectivity index (χ3n) is 4.73. The number of carboxylic acids is 1. The smallest absolute Gasteiger partial charge is 0.335 e. The molecule has 2 aromatic rings. The number of carboxylic acid groups (broad SMARTS) is 1. The molecule has 132 valence electrons. The minimum Gasteiger partial charge on any atom is -0.478 e. The highest BCUT2D eigenvalue weighted by molar-refractivity contribution is 6.03. The summed E-state index contributed by atoms with van der Waals surface area (Å²) in [6.07, 6.45) is 1.91. The van der Waals surface area contributed by atoms with E-state index in [4.69, 9.17) is 9.94 Å². The van der Waals surface area contributed by atoms with Crippen LogP contribution < -0.4 is 0 Å². The molecule has 0 atom stereocenters. The van der Waals surface area contributed by atoms with Gasteiger partial charge in [0.25, 0.3) is 0 Å². The van der Waals surface area contributed by atoms with Crippen LogP contribution in [0.5, 0.6) is 0 Å². The largest absolute Gasteiger partial charge is 0.478 e. The second kappa shape index (κ2) is 7.05. The molecule has 1 aliphatic carbocycles. The third-order valence-corrected chi connectivity index (χ3v) is 4.73. The number of benzene rings is 2. The van der Waals surface area contributed by atoms with Gasteiger partial charge < -0.3 is 9.94 Å². The van der Waals surface area contributed by atoms with E-state index in [-0.39, 0.29) is 11.0 Å². The Morgan fingerprint density at radius 1 is 1.12 bits per heavy atom. The molecule has 0 amide bonds. The third kappa shape index (κ3) is 3.62. The Balaban J connectivity index is 1.95. The van der Waals surface area contributed by atoms with Gasteiger partial charge in [-0.25, -0.2) is 4.79 Å². The van der Waals surface area contributed by atoms with E-state index in [1.165, 1.54) is 5.56 Å². The van der Waals surface area contributed by atoms with E-state index in [1.807, 2.05) is 6.07 Å². The Hall–Kier alpha value is -3.06. The van der Waals surface area contributed by atoms with Gasteiger partial charge >= 0.3 is 5.97 Å². The molecule has 0 aromatic heterocycles.